The number of carbonyl (C=O) groups is 2. The molecule has 6 nitrogen and oxygen atoms in total. The fraction of sp³-hybridized carbons (Fsp3) is 0.471. The Morgan fingerprint density at radius 2 is 2.21 bits per heavy atom. The van der Waals surface area contributed by atoms with Gasteiger partial charge in [-0.1, -0.05) is 0 Å². The number of carbonyl (C=O) groups excluding carboxylic acids is 2. The molecule has 1 unspecified atom stereocenters. The second-order valence-electron chi connectivity index (χ2n) is 6.71. The van der Waals surface area contributed by atoms with Crippen molar-refractivity contribution in [2.75, 3.05) is 13.1 Å². The number of hydrogen-bond acceptors (Lipinski definition) is 4. The van der Waals surface area contributed by atoms with Crippen LogP contribution in [0.4, 0.5) is 0 Å². The Kier molecular flexibility index (Phi) is 3.68. The first-order valence-corrected chi connectivity index (χ1v) is 9.13. The fourth-order valence-corrected chi connectivity index (χ4v) is 4.63. The van der Waals surface area contributed by atoms with Crippen LogP contribution in [-0.4, -0.2) is 45.1 Å². The summed E-state index contributed by atoms with van der Waals surface area (Å²) in [7, 11) is 1.89. The van der Waals surface area contributed by atoms with Gasteiger partial charge in [0.2, 0.25) is 5.91 Å². The zero-order chi connectivity index (χ0) is 16.7. The minimum atomic E-state index is -0.245. The molecule has 2 saturated heterocycles. The van der Waals surface area contributed by atoms with Gasteiger partial charge in [0.15, 0.2) is 0 Å². The highest BCUT2D eigenvalue weighted by Crippen LogP contribution is 2.43. The van der Waals surface area contributed by atoms with Gasteiger partial charge in [-0.3, -0.25) is 14.3 Å². The Morgan fingerprint density at radius 1 is 1.42 bits per heavy atom. The first-order valence-electron chi connectivity index (χ1n) is 8.18. The lowest BCUT2D eigenvalue weighted by Crippen LogP contribution is -2.54. The second-order valence-corrected chi connectivity index (χ2v) is 7.49. The van der Waals surface area contributed by atoms with E-state index in [0.717, 1.165) is 24.0 Å². The molecule has 0 aromatic carbocycles. The van der Waals surface area contributed by atoms with E-state index in [4.69, 9.17) is 0 Å². The van der Waals surface area contributed by atoms with Gasteiger partial charge in [0.05, 0.1) is 17.3 Å². The van der Waals surface area contributed by atoms with Gasteiger partial charge >= 0.3 is 0 Å². The maximum absolute atomic E-state index is 12.5. The molecule has 0 saturated carbocycles. The zero-order valence-electron chi connectivity index (χ0n) is 13.6. The van der Waals surface area contributed by atoms with Gasteiger partial charge in [-0.2, -0.15) is 16.4 Å². The van der Waals surface area contributed by atoms with Crippen molar-refractivity contribution < 1.29 is 9.59 Å². The van der Waals surface area contributed by atoms with E-state index in [1.165, 1.54) is 11.3 Å². The highest BCUT2D eigenvalue weighted by Gasteiger charge is 2.49. The standard InChI is InChI=1S/C17H20N4O2S/c1-20-10-13(9-18-20)14-8-15(22)19-17(14)3-5-21(6-4-17)16(23)12-2-7-24-11-12/h2,7,9-11,14H,3-6,8H2,1H3,(H,19,22). The zero-order valence-corrected chi connectivity index (χ0v) is 14.4. The summed E-state index contributed by atoms with van der Waals surface area (Å²) in [6, 6.07) is 1.87. The van der Waals surface area contributed by atoms with Crippen LogP contribution in [0.3, 0.4) is 0 Å². The molecule has 0 aliphatic carbocycles. The maximum Gasteiger partial charge on any atom is 0.254 e. The summed E-state index contributed by atoms with van der Waals surface area (Å²) in [5.74, 6) is 0.326. The van der Waals surface area contributed by atoms with Gasteiger partial charge < -0.3 is 10.2 Å². The maximum atomic E-state index is 12.5. The van der Waals surface area contributed by atoms with Gasteiger partial charge in [-0.25, -0.2) is 0 Å². The van der Waals surface area contributed by atoms with Crippen LogP contribution < -0.4 is 5.32 Å². The second kappa shape index (κ2) is 5.73. The molecule has 0 radical (unpaired) electrons. The van der Waals surface area contributed by atoms with Gasteiger partial charge in [0, 0.05) is 44.1 Å². The molecular weight excluding hydrogens is 324 g/mol. The van der Waals surface area contributed by atoms with Crippen molar-refractivity contribution in [3.63, 3.8) is 0 Å². The molecule has 2 aliphatic heterocycles. The molecule has 0 bridgehead atoms. The summed E-state index contributed by atoms with van der Waals surface area (Å²) in [5, 5.41) is 11.3. The summed E-state index contributed by atoms with van der Waals surface area (Å²) in [4.78, 5) is 26.5. The Bertz CT molecular complexity index is 759. The first-order chi connectivity index (χ1) is 11.6. The molecule has 1 N–H and O–H groups in total. The van der Waals surface area contributed by atoms with E-state index in [2.05, 4.69) is 10.4 Å². The third-order valence-corrected chi connectivity index (χ3v) is 5.97. The molecule has 4 heterocycles. The van der Waals surface area contributed by atoms with Gasteiger partial charge in [-0.05, 0) is 29.9 Å². The molecule has 24 heavy (non-hydrogen) atoms. The summed E-state index contributed by atoms with van der Waals surface area (Å²) in [6.07, 6.45) is 5.93. The molecule has 2 fully saturated rings. The highest BCUT2D eigenvalue weighted by atomic mass is 32.1. The molecule has 2 aromatic heterocycles. The Morgan fingerprint density at radius 3 is 2.83 bits per heavy atom. The Labute approximate surface area is 144 Å². The third-order valence-electron chi connectivity index (χ3n) is 5.28. The van der Waals surface area contributed by atoms with Crippen molar-refractivity contribution in [2.45, 2.75) is 30.7 Å². The molecule has 2 amide bonds. The molecule has 4 rings (SSSR count). The van der Waals surface area contributed by atoms with Crippen LogP contribution in [0.15, 0.2) is 29.2 Å². The summed E-state index contributed by atoms with van der Waals surface area (Å²) < 4.78 is 1.78. The quantitative estimate of drug-likeness (QED) is 0.903. The lowest BCUT2D eigenvalue weighted by atomic mass is 9.75. The SMILES string of the molecule is Cn1cc(C2CC(=O)NC23CCN(C(=O)c2ccsc2)CC3)cn1. The molecule has 1 spiro atoms. The van der Waals surface area contributed by atoms with Gasteiger partial charge in [0.25, 0.3) is 5.91 Å². The van der Waals surface area contributed by atoms with E-state index in [1.807, 2.05) is 41.2 Å². The number of likely N-dealkylation sites (tertiary alicyclic amines) is 1. The molecule has 7 heteroatoms. The van der Waals surface area contributed by atoms with Crippen LogP contribution >= 0.6 is 11.3 Å². The normalized spacial score (nSPS) is 22.8. The van der Waals surface area contributed by atoms with Crippen molar-refractivity contribution >= 4 is 23.2 Å². The minimum absolute atomic E-state index is 0.0911. The van der Waals surface area contributed by atoms with Gasteiger partial charge in [-0.15, -0.1) is 0 Å². The molecule has 126 valence electrons. The molecule has 2 aromatic rings. The van der Waals surface area contributed by atoms with Crippen LogP contribution in [-0.2, 0) is 11.8 Å². The Hall–Kier alpha value is -2.15. The van der Waals surface area contributed by atoms with Crippen LogP contribution in [0, 0.1) is 0 Å². The number of aromatic nitrogens is 2. The first kappa shape index (κ1) is 15.4. The number of rotatable bonds is 2. The summed E-state index contributed by atoms with van der Waals surface area (Å²) in [6.45, 7) is 1.34. The van der Waals surface area contributed by atoms with E-state index in [-0.39, 0.29) is 23.3 Å². The van der Waals surface area contributed by atoms with E-state index < -0.39 is 0 Å². The van der Waals surface area contributed by atoms with Crippen molar-refractivity contribution in [2.24, 2.45) is 7.05 Å². The number of nitrogens with one attached hydrogen (secondary N) is 1. The minimum Gasteiger partial charge on any atom is -0.350 e. The number of amides is 2. The lowest BCUT2D eigenvalue weighted by Gasteiger charge is -2.42. The van der Waals surface area contributed by atoms with E-state index >= 15 is 0 Å². The van der Waals surface area contributed by atoms with Crippen molar-refractivity contribution in [3.05, 3.63) is 40.3 Å². The average molecular weight is 344 g/mol. The van der Waals surface area contributed by atoms with Crippen LogP contribution in [0.2, 0.25) is 0 Å². The number of aryl methyl sites for hydroxylation is 1. The predicted molar refractivity (Wildman–Crippen MR) is 90.9 cm³/mol. The predicted octanol–water partition coefficient (Wildman–Crippen LogP) is 1.76. The number of thiophene rings is 1. The largest absolute Gasteiger partial charge is 0.350 e. The van der Waals surface area contributed by atoms with Crippen LogP contribution in [0.5, 0.6) is 0 Å². The number of hydrogen-bond donors (Lipinski definition) is 1. The average Bonchev–Trinajstić information content (AvgIpc) is 3.28. The number of piperidine rings is 1. The van der Waals surface area contributed by atoms with Crippen molar-refractivity contribution in [3.8, 4) is 0 Å². The van der Waals surface area contributed by atoms with Gasteiger partial charge in [0.1, 0.15) is 0 Å². The smallest absolute Gasteiger partial charge is 0.254 e. The third kappa shape index (κ3) is 2.53. The topological polar surface area (TPSA) is 67.2 Å². The molecular formula is C17H20N4O2S. The lowest BCUT2D eigenvalue weighted by molar-refractivity contribution is -0.120. The Balaban J connectivity index is 1.52. The highest BCUT2D eigenvalue weighted by molar-refractivity contribution is 7.08. The van der Waals surface area contributed by atoms with E-state index in [1.54, 1.807) is 4.68 Å². The van der Waals surface area contributed by atoms with E-state index in [9.17, 15) is 9.59 Å². The fourth-order valence-electron chi connectivity index (χ4n) is 4.00. The van der Waals surface area contributed by atoms with Crippen LogP contribution in [0.25, 0.3) is 0 Å². The summed E-state index contributed by atoms with van der Waals surface area (Å²) >= 11 is 1.54. The summed E-state index contributed by atoms with van der Waals surface area (Å²) in [5.41, 5.74) is 1.62. The van der Waals surface area contributed by atoms with E-state index in [0.29, 0.717) is 19.5 Å². The monoisotopic (exact) mass is 344 g/mol. The van der Waals surface area contributed by atoms with Crippen molar-refractivity contribution in [1.82, 2.24) is 20.0 Å². The van der Waals surface area contributed by atoms with Crippen LogP contribution in [0.1, 0.15) is 41.1 Å². The molecule has 2 aliphatic rings. The van der Waals surface area contributed by atoms with Crippen molar-refractivity contribution in [1.29, 1.82) is 0 Å². The molecule has 1 atom stereocenters. The number of nitrogens with zero attached hydrogens (tertiary/aromatic N) is 3.